The third kappa shape index (κ3) is 5.40. The summed E-state index contributed by atoms with van der Waals surface area (Å²) in [6, 6.07) is 14.9. The van der Waals surface area contributed by atoms with Crippen LogP contribution in [0.15, 0.2) is 48.5 Å². The van der Waals surface area contributed by atoms with Gasteiger partial charge in [-0.15, -0.1) is 0 Å². The molecule has 0 saturated heterocycles. The molecule has 0 unspecified atom stereocenters. The molecule has 0 spiro atoms. The van der Waals surface area contributed by atoms with Crippen LogP contribution in [-0.2, 0) is 4.79 Å². The fourth-order valence-electron chi connectivity index (χ4n) is 1.74. The summed E-state index contributed by atoms with van der Waals surface area (Å²) in [7, 11) is 3.71. The fraction of sp³-hybridized carbons (Fsp3) is 0.222. The first-order chi connectivity index (χ1) is 10.5. The van der Waals surface area contributed by atoms with E-state index in [-0.39, 0.29) is 11.6 Å². The van der Waals surface area contributed by atoms with Gasteiger partial charge in [0, 0.05) is 36.6 Å². The topological polar surface area (TPSA) is 58.2 Å². The lowest BCUT2D eigenvalue weighted by atomic mass is 10.0. The van der Waals surface area contributed by atoms with E-state index in [1.165, 1.54) is 13.8 Å². The number of anilines is 2. The molecule has 0 aliphatic heterocycles. The normalized spacial score (nSPS) is 9.27. The van der Waals surface area contributed by atoms with Crippen molar-refractivity contribution in [2.24, 2.45) is 0 Å². The minimum atomic E-state index is 0.0420. The molecule has 0 aromatic heterocycles. The minimum Gasteiger partial charge on any atom is -0.388 e. The first-order valence-corrected chi connectivity index (χ1v) is 7.05. The predicted molar refractivity (Wildman–Crippen MR) is 91.8 cm³/mol. The summed E-state index contributed by atoms with van der Waals surface area (Å²) in [5, 5.41) is 6.06. The molecule has 4 heteroatoms. The van der Waals surface area contributed by atoms with Crippen molar-refractivity contribution in [3.05, 3.63) is 59.7 Å². The summed E-state index contributed by atoms with van der Waals surface area (Å²) < 4.78 is 0. The van der Waals surface area contributed by atoms with Crippen LogP contribution in [0.2, 0.25) is 0 Å². The van der Waals surface area contributed by atoms with E-state index in [0.29, 0.717) is 11.1 Å². The molecule has 4 nitrogen and oxygen atoms in total. The van der Waals surface area contributed by atoms with Gasteiger partial charge < -0.3 is 15.4 Å². The molecule has 0 fully saturated rings. The molecular weight excluding hydrogens is 276 g/mol. The van der Waals surface area contributed by atoms with E-state index in [0.717, 1.165) is 11.4 Å². The van der Waals surface area contributed by atoms with Gasteiger partial charge >= 0.3 is 0 Å². The summed E-state index contributed by atoms with van der Waals surface area (Å²) in [4.78, 5) is 21.6. The summed E-state index contributed by atoms with van der Waals surface area (Å²) in [5.41, 5.74) is 3.39. The maximum Gasteiger partial charge on any atom is 0.193 e. The van der Waals surface area contributed by atoms with Crippen molar-refractivity contribution in [1.29, 1.82) is 0 Å². The average Bonchev–Trinajstić information content (AvgIpc) is 2.54. The molecule has 0 amide bonds. The lowest BCUT2D eigenvalue weighted by molar-refractivity contribution is -0.114. The molecule has 0 aliphatic rings. The Morgan fingerprint density at radius 2 is 0.955 bits per heavy atom. The minimum absolute atomic E-state index is 0.0420. The molecule has 22 heavy (non-hydrogen) atoms. The van der Waals surface area contributed by atoms with E-state index in [1.807, 2.05) is 62.6 Å². The Morgan fingerprint density at radius 1 is 0.682 bits per heavy atom. The Bertz CT molecular complexity index is 563. The second kappa shape index (κ2) is 8.62. The highest BCUT2D eigenvalue weighted by molar-refractivity contribution is 6.09. The van der Waals surface area contributed by atoms with Gasteiger partial charge in [-0.1, -0.05) is 0 Å². The van der Waals surface area contributed by atoms with Crippen molar-refractivity contribution < 1.29 is 9.59 Å². The molecule has 0 aliphatic carbocycles. The zero-order chi connectivity index (χ0) is 16.5. The first-order valence-electron chi connectivity index (χ1n) is 7.05. The molecule has 0 saturated carbocycles. The number of rotatable bonds is 4. The van der Waals surface area contributed by atoms with E-state index in [9.17, 15) is 9.59 Å². The molecule has 0 radical (unpaired) electrons. The van der Waals surface area contributed by atoms with Crippen molar-refractivity contribution in [2.45, 2.75) is 13.8 Å². The second-order valence-corrected chi connectivity index (χ2v) is 4.89. The highest BCUT2D eigenvalue weighted by atomic mass is 16.1. The lowest BCUT2D eigenvalue weighted by Crippen LogP contribution is -2.01. The van der Waals surface area contributed by atoms with E-state index in [4.69, 9.17) is 0 Å². The SMILES string of the molecule is CC(C)=O.CNc1ccc(C(=O)c2ccc(NC)cc2)cc1. The molecule has 2 aromatic rings. The standard InChI is InChI=1S/C15H16N2O.C3H6O/c1-16-13-7-3-11(4-8-13)15(18)12-5-9-14(17-2)10-6-12;1-3(2)4/h3-10,16-17H,1-2H3;1-2H3. The molecule has 2 rings (SSSR count). The number of carbonyl (C=O) groups is 2. The average molecular weight is 298 g/mol. The number of carbonyl (C=O) groups excluding carboxylic acids is 2. The third-order valence-corrected chi connectivity index (χ3v) is 2.87. The zero-order valence-corrected chi connectivity index (χ0v) is 13.4. The van der Waals surface area contributed by atoms with Crippen LogP contribution in [0.25, 0.3) is 0 Å². The molecule has 0 atom stereocenters. The number of ketones is 2. The second-order valence-electron chi connectivity index (χ2n) is 4.89. The number of benzene rings is 2. The Hall–Kier alpha value is -2.62. The monoisotopic (exact) mass is 298 g/mol. The van der Waals surface area contributed by atoms with Gasteiger partial charge in [-0.3, -0.25) is 4.79 Å². The van der Waals surface area contributed by atoms with E-state index >= 15 is 0 Å². The highest BCUT2D eigenvalue weighted by Crippen LogP contribution is 2.15. The number of nitrogens with one attached hydrogen (secondary N) is 2. The summed E-state index contributed by atoms with van der Waals surface area (Å²) >= 11 is 0. The van der Waals surface area contributed by atoms with Crippen LogP contribution in [0.3, 0.4) is 0 Å². The van der Waals surface area contributed by atoms with Crippen LogP contribution >= 0.6 is 0 Å². The molecular formula is C18H22N2O2. The van der Waals surface area contributed by atoms with Crippen molar-refractivity contribution in [3.8, 4) is 0 Å². The summed E-state index contributed by atoms with van der Waals surface area (Å²) in [5.74, 6) is 0.209. The Morgan fingerprint density at radius 3 is 1.18 bits per heavy atom. The largest absolute Gasteiger partial charge is 0.388 e. The quantitative estimate of drug-likeness (QED) is 0.847. The maximum atomic E-state index is 12.2. The van der Waals surface area contributed by atoms with Crippen molar-refractivity contribution in [3.63, 3.8) is 0 Å². The number of Topliss-reactive ketones (excluding diaryl/α,β-unsaturated/α-hetero) is 1. The van der Waals surface area contributed by atoms with Gasteiger partial charge in [0.05, 0.1) is 0 Å². The van der Waals surface area contributed by atoms with E-state index in [1.54, 1.807) is 0 Å². The van der Waals surface area contributed by atoms with Crippen LogP contribution in [0.5, 0.6) is 0 Å². The highest BCUT2D eigenvalue weighted by Gasteiger charge is 2.08. The maximum absolute atomic E-state index is 12.2. The van der Waals surface area contributed by atoms with Crippen LogP contribution in [0.4, 0.5) is 11.4 Å². The van der Waals surface area contributed by atoms with Gasteiger partial charge in [0.25, 0.3) is 0 Å². The van der Waals surface area contributed by atoms with Gasteiger partial charge in [0.2, 0.25) is 0 Å². The number of hydrogen-bond acceptors (Lipinski definition) is 4. The molecule has 0 heterocycles. The van der Waals surface area contributed by atoms with Crippen LogP contribution in [0.1, 0.15) is 29.8 Å². The molecule has 2 aromatic carbocycles. The smallest absolute Gasteiger partial charge is 0.193 e. The van der Waals surface area contributed by atoms with Crippen molar-refractivity contribution in [1.82, 2.24) is 0 Å². The van der Waals surface area contributed by atoms with Gasteiger partial charge in [0.1, 0.15) is 5.78 Å². The summed E-state index contributed by atoms with van der Waals surface area (Å²) in [6.45, 7) is 3.06. The van der Waals surface area contributed by atoms with Crippen LogP contribution in [-0.4, -0.2) is 25.7 Å². The van der Waals surface area contributed by atoms with Crippen molar-refractivity contribution >= 4 is 22.9 Å². The Balaban J connectivity index is 0.000000541. The first kappa shape index (κ1) is 17.4. The van der Waals surface area contributed by atoms with Gasteiger partial charge in [-0.05, 0) is 62.4 Å². The van der Waals surface area contributed by atoms with Gasteiger partial charge in [-0.2, -0.15) is 0 Å². The fourth-order valence-corrected chi connectivity index (χ4v) is 1.74. The molecule has 0 bridgehead atoms. The predicted octanol–water partition coefficient (Wildman–Crippen LogP) is 3.60. The van der Waals surface area contributed by atoms with Gasteiger partial charge in [0.15, 0.2) is 5.78 Å². The Kier molecular flexibility index (Phi) is 6.83. The zero-order valence-electron chi connectivity index (χ0n) is 13.4. The van der Waals surface area contributed by atoms with Crippen molar-refractivity contribution in [2.75, 3.05) is 24.7 Å². The summed E-state index contributed by atoms with van der Waals surface area (Å²) in [6.07, 6.45) is 0. The molecule has 116 valence electrons. The van der Waals surface area contributed by atoms with Gasteiger partial charge in [-0.25, -0.2) is 0 Å². The third-order valence-electron chi connectivity index (χ3n) is 2.87. The Labute approximate surface area is 131 Å². The van der Waals surface area contributed by atoms with E-state index < -0.39 is 0 Å². The number of hydrogen-bond donors (Lipinski definition) is 2. The van der Waals surface area contributed by atoms with Crippen LogP contribution in [0, 0.1) is 0 Å². The molecule has 2 N–H and O–H groups in total. The lowest BCUT2D eigenvalue weighted by Gasteiger charge is -2.05. The van der Waals surface area contributed by atoms with Crippen LogP contribution < -0.4 is 10.6 Å². The van der Waals surface area contributed by atoms with E-state index in [2.05, 4.69) is 10.6 Å².